The first kappa shape index (κ1) is 13.5. The number of hydrogen-bond acceptors (Lipinski definition) is 5. The van der Waals surface area contributed by atoms with Crippen LogP contribution in [-0.4, -0.2) is 28.7 Å². The standard InChI is InChI=1S/C13H14N2O3S/c1-8-7-19-12(15-8)9-2-4-10(5-3-9)18-6-11(14)13(16)17/h2-5,7,11H,6,14H2,1H3,(H,16,17). The van der Waals surface area contributed by atoms with E-state index in [1.165, 1.54) is 0 Å². The summed E-state index contributed by atoms with van der Waals surface area (Å²) in [6, 6.07) is 6.32. The summed E-state index contributed by atoms with van der Waals surface area (Å²) in [5.41, 5.74) is 7.36. The van der Waals surface area contributed by atoms with E-state index in [0.29, 0.717) is 5.75 Å². The third-order valence-corrected chi connectivity index (χ3v) is 3.48. The normalized spacial score (nSPS) is 12.1. The lowest BCUT2D eigenvalue weighted by molar-refractivity contribution is -0.139. The Kier molecular flexibility index (Phi) is 4.13. The number of aryl methyl sites for hydroxylation is 1. The van der Waals surface area contributed by atoms with E-state index >= 15 is 0 Å². The van der Waals surface area contributed by atoms with Crippen LogP contribution in [0.25, 0.3) is 10.6 Å². The molecule has 0 saturated carbocycles. The van der Waals surface area contributed by atoms with Crippen LogP contribution in [0.15, 0.2) is 29.6 Å². The zero-order chi connectivity index (χ0) is 13.8. The largest absolute Gasteiger partial charge is 0.491 e. The quantitative estimate of drug-likeness (QED) is 0.872. The van der Waals surface area contributed by atoms with E-state index in [0.717, 1.165) is 16.3 Å². The lowest BCUT2D eigenvalue weighted by atomic mass is 10.2. The third-order valence-electron chi connectivity index (χ3n) is 2.47. The van der Waals surface area contributed by atoms with Crippen LogP contribution < -0.4 is 10.5 Å². The fourth-order valence-corrected chi connectivity index (χ4v) is 2.24. The first-order valence-electron chi connectivity index (χ1n) is 5.70. The first-order valence-corrected chi connectivity index (χ1v) is 6.58. The second-order valence-corrected chi connectivity index (χ2v) is 4.93. The molecule has 0 amide bonds. The van der Waals surface area contributed by atoms with E-state index in [1.54, 1.807) is 23.5 Å². The Hall–Kier alpha value is -1.92. The summed E-state index contributed by atoms with van der Waals surface area (Å²) >= 11 is 1.58. The summed E-state index contributed by atoms with van der Waals surface area (Å²) in [5.74, 6) is -0.483. The number of nitrogens with two attached hydrogens (primary N) is 1. The smallest absolute Gasteiger partial charge is 0.324 e. The SMILES string of the molecule is Cc1csc(-c2ccc(OCC(N)C(=O)O)cc2)n1. The van der Waals surface area contributed by atoms with Crippen molar-refractivity contribution in [1.82, 2.24) is 4.98 Å². The number of aromatic nitrogens is 1. The fourth-order valence-electron chi connectivity index (χ4n) is 1.44. The number of ether oxygens (including phenoxy) is 1. The summed E-state index contributed by atoms with van der Waals surface area (Å²) in [7, 11) is 0. The highest BCUT2D eigenvalue weighted by Crippen LogP contribution is 2.25. The first-order chi connectivity index (χ1) is 9.06. The number of thiazole rings is 1. The predicted octanol–water partition coefficient (Wildman–Crippen LogP) is 1.91. The van der Waals surface area contributed by atoms with Gasteiger partial charge in [0.1, 0.15) is 23.4 Å². The zero-order valence-corrected chi connectivity index (χ0v) is 11.2. The Morgan fingerprint density at radius 3 is 2.68 bits per heavy atom. The van der Waals surface area contributed by atoms with E-state index in [9.17, 15) is 4.79 Å². The molecule has 1 unspecified atom stereocenters. The molecule has 0 bridgehead atoms. The molecular formula is C13H14N2O3S. The van der Waals surface area contributed by atoms with Gasteiger partial charge >= 0.3 is 5.97 Å². The molecule has 0 aliphatic rings. The van der Waals surface area contributed by atoms with Gasteiger partial charge in [0.05, 0.1) is 0 Å². The average molecular weight is 278 g/mol. The van der Waals surface area contributed by atoms with Gasteiger partial charge in [0.15, 0.2) is 0 Å². The minimum Gasteiger partial charge on any atom is -0.491 e. The highest BCUT2D eigenvalue weighted by Gasteiger charge is 2.12. The molecule has 3 N–H and O–H groups in total. The molecule has 2 aromatic rings. The van der Waals surface area contributed by atoms with Crippen molar-refractivity contribution in [2.75, 3.05) is 6.61 Å². The summed E-state index contributed by atoms with van der Waals surface area (Å²) in [4.78, 5) is 14.9. The van der Waals surface area contributed by atoms with Gasteiger partial charge in [0, 0.05) is 16.6 Å². The van der Waals surface area contributed by atoms with E-state index in [2.05, 4.69) is 4.98 Å². The molecule has 0 radical (unpaired) electrons. The minimum absolute atomic E-state index is 0.0506. The number of carboxylic acid groups (broad SMARTS) is 1. The molecule has 1 atom stereocenters. The van der Waals surface area contributed by atoms with Crippen LogP contribution in [0.4, 0.5) is 0 Å². The summed E-state index contributed by atoms with van der Waals surface area (Å²) < 4.78 is 5.30. The Balaban J connectivity index is 2.01. The number of hydrogen-bond donors (Lipinski definition) is 2. The third kappa shape index (κ3) is 3.52. The molecule has 0 saturated heterocycles. The van der Waals surface area contributed by atoms with Crippen molar-refractivity contribution < 1.29 is 14.6 Å². The van der Waals surface area contributed by atoms with Gasteiger partial charge in [0.2, 0.25) is 0 Å². The molecule has 1 aromatic heterocycles. The molecule has 0 aliphatic heterocycles. The highest BCUT2D eigenvalue weighted by atomic mass is 32.1. The Labute approximate surface area is 114 Å². The van der Waals surface area contributed by atoms with Crippen molar-refractivity contribution in [1.29, 1.82) is 0 Å². The van der Waals surface area contributed by atoms with Crippen LogP contribution in [0.2, 0.25) is 0 Å². The molecule has 100 valence electrons. The van der Waals surface area contributed by atoms with Gasteiger partial charge in [-0.1, -0.05) is 0 Å². The van der Waals surface area contributed by atoms with Crippen molar-refractivity contribution in [2.24, 2.45) is 5.73 Å². The number of carbonyl (C=O) groups is 1. The van der Waals surface area contributed by atoms with E-state index in [4.69, 9.17) is 15.6 Å². The molecule has 0 aliphatic carbocycles. The van der Waals surface area contributed by atoms with Gasteiger partial charge in [-0.05, 0) is 31.2 Å². The second kappa shape index (κ2) is 5.81. The van der Waals surface area contributed by atoms with Crippen LogP contribution in [0.5, 0.6) is 5.75 Å². The van der Waals surface area contributed by atoms with Gasteiger partial charge in [0.25, 0.3) is 0 Å². The number of carboxylic acids is 1. The zero-order valence-electron chi connectivity index (χ0n) is 10.4. The van der Waals surface area contributed by atoms with Gasteiger partial charge in [-0.2, -0.15) is 0 Å². The number of benzene rings is 1. The summed E-state index contributed by atoms with van der Waals surface area (Å²) in [6.45, 7) is 1.90. The van der Waals surface area contributed by atoms with Crippen molar-refractivity contribution >= 4 is 17.3 Å². The molecule has 6 heteroatoms. The molecule has 0 spiro atoms. The highest BCUT2D eigenvalue weighted by molar-refractivity contribution is 7.13. The second-order valence-electron chi connectivity index (χ2n) is 4.07. The molecule has 5 nitrogen and oxygen atoms in total. The van der Waals surface area contributed by atoms with Crippen LogP contribution in [0, 0.1) is 6.92 Å². The maximum absolute atomic E-state index is 10.6. The van der Waals surface area contributed by atoms with Gasteiger partial charge < -0.3 is 15.6 Å². The van der Waals surface area contributed by atoms with Crippen LogP contribution >= 0.6 is 11.3 Å². The molecule has 19 heavy (non-hydrogen) atoms. The topological polar surface area (TPSA) is 85.4 Å². The monoisotopic (exact) mass is 278 g/mol. The van der Waals surface area contributed by atoms with Crippen LogP contribution in [-0.2, 0) is 4.79 Å². The van der Waals surface area contributed by atoms with E-state index < -0.39 is 12.0 Å². The van der Waals surface area contributed by atoms with Gasteiger partial charge in [-0.15, -0.1) is 11.3 Å². The lowest BCUT2D eigenvalue weighted by Crippen LogP contribution is -2.36. The van der Waals surface area contributed by atoms with E-state index in [-0.39, 0.29) is 6.61 Å². The van der Waals surface area contributed by atoms with Crippen molar-refractivity contribution in [2.45, 2.75) is 13.0 Å². The number of aliphatic carboxylic acids is 1. The Morgan fingerprint density at radius 2 is 2.16 bits per heavy atom. The lowest BCUT2D eigenvalue weighted by Gasteiger charge is -2.09. The van der Waals surface area contributed by atoms with Crippen molar-refractivity contribution in [3.05, 3.63) is 35.3 Å². The maximum atomic E-state index is 10.6. The van der Waals surface area contributed by atoms with E-state index in [1.807, 2.05) is 24.4 Å². The summed E-state index contributed by atoms with van der Waals surface area (Å²) in [5, 5.41) is 11.6. The number of rotatable bonds is 5. The summed E-state index contributed by atoms with van der Waals surface area (Å²) in [6.07, 6.45) is 0. The molecule has 2 rings (SSSR count). The Morgan fingerprint density at radius 1 is 1.47 bits per heavy atom. The molecule has 1 aromatic carbocycles. The maximum Gasteiger partial charge on any atom is 0.324 e. The molecule has 1 heterocycles. The van der Waals surface area contributed by atoms with Gasteiger partial charge in [-0.3, -0.25) is 4.79 Å². The van der Waals surface area contributed by atoms with Crippen LogP contribution in [0.3, 0.4) is 0 Å². The van der Waals surface area contributed by atoms with Crippen LogP contribution in [0.1, 0.15) is 5.69 Å². The molecule has 0 fully saturated rings. The van der Waals surface area contributed by atoms with Crippen molar-refractivity contribution in [3.63, 3.8) is 0 Å². The van der Waals surface area contributed by atoms with Gasteiger partial charge in [-0.25, -0.2) is 4.98 Å². The average Bonchev–Trinajstić information content (AvgIpc) is 2.83. The number of nitrogens with zero attached hydrogens (tertiary/aromatic N) is 1. The molecular weight excluding hydrogens is 264 g/mol. The minimum atomic E-state index is -1.07. The Bertz CT molecular complexity index is 566. The fraction of sp³-hybridized carbons (Fsp3) is 0.231. The van der Waals surface area contributed by atoms with Crippen molar-refractivity contribution in [3.8, 4) is 16.3 Å². The predicted molar refractivity (Wildman–Crippen MR) is 73.4 cm³/mol.